The zero-order chi connectivity index (χ0) is 15.5. The Bertz CT molecular complexity index is 636. The number of phenolic OH excluding ortho intramolecular Hbond substituents is 1. The number of benzene rings is 1. The Hall–Kier alpha value is -1.51. The first-order chi connectivity index (χ1) is 10.6. The number of fused-ring (bicyclic) bond motifs is 5. The lowest BCUT2D eigenvalue weighted by Crippen LogP contribution is -2.42. The van der Waals surface area contributed by atoms with Gasteiger partial charge in [-0.3, -0.25) is 4.79 Å². The first-order valence-corrected chi connectivity index (χ1v) is 8.48. The summed E-state index contributed by atoms with van der Waals surface area (Å²) >= 11 is 0. The molecule has 2 fully saturated rings. The van der Waals surface area contributed by atoms with Gasteiger partial charge in [0.1, 0.15) is 5.78 Å². The fraction of sp³-hybridized carbons (Fsp3) is 0.632. The van der Waals surface area contributed by atoms with Crippen molar-refractivity contribution in [3.8, 4) is 11.5 Å². The van der Waals surface area contributed by atoms with Crippen LogP contribution in [0.2, 0.25) is 0 Å². The molecule has 118 valence electrons. The first kappa shape index (κ1) is 14.1. The largest absolute Gasteiger partial charge is 0.504 e. The fourth-order valence-corrected chi connectivity index (χ4v) is 5.62. The maximum Gasteiger partial charge on any atom is 0.163 e. The van der Waals surface area contributed by atoms with Gasteiger partial charge in [-0.15, -0.1) is 0 Å². The van der Waals surface area contributed by atoms with E-state index in [9.17, 15) is 9.90 Å². The predicted molar refractivity (Wildman–Crippen MR) is 84.3 cm³/mol. The lowest BCUT2D eigenvalue weighted by atomic mass is 9.55. The number of rotatable bonds is 1. The van der Waals surface area contributed by atoms with Gasteiger partial charge in [-0.2, -0.15) is 0 Å². The molecule has 0 bridgehead atoms. The van der Waals surface area contributed by atoms with Crippen LogP contribution in [-0.2, 0) is 11.2 Å². The summed E-state index contributed by atoms with van der Waals surface area (Å²) in [6.07, 6.45) is 6.02. The number of carbonyl (C=O) groups is 1. The zero-order valence-electron chi connectivity index (χ0n) is 13.4. The van der Waals surface area contributed by atoms with Gasteiger partial charge in [0, 0.05) is 17.4 Å². The summed E-state index contributed by atoms with van der Waals surface area (Å²) in [6.45, 7) is 2.20. The molecule has 3 heteroatoms. The van der Waals surface area contributed by atoms with Gasteiger partial charge in [-0.05, 0) is 61.5 Å². The van der Waals surface area contributed by atoms with Gasteiger partial charge in [-0.25, -0.2) is 0 Å². The molecule has 0 saturated heterocycles. The normalized spacial score (nSPS) is 36.5. The van der Waals surface area contributed by atoms with Crippen LogP contribution in [-0.4, -0.2) is 18.0 Å². The Kier molecular flexibility index (Phi) is 3.04. The van der Waals surface area contributed by atoms with Gasteiger partial charge in [0.15, 0.2) is 11.5 Å². The van der Waals surface area contributed by atoms with Gasteiger partial charge in [0.05, 0.1) is 7.11 Å². The number of methoxy groups -OCH3 is 1. The first-order valence-electron chi connectivity index (χ1n) is 8.48. The second-order valence-corrected chi connectivity index (χ2v) is 7.52. The number of phenols is 1. The van der Waals surface area contributed by atoms with Crippen molar-refractivity contribution in [3.05, 3.63) is 23.3 Å². The summed E-state index contributed by atoms with van der Waals surface area (Å²) in [7, 11) is 1.63. The second kappa shape index (κ2) is 4.74. The van der Waals surface area contributed by atoms with Crippen molar-refractivity contribution in [2.75, 3.05) is 7.11 Å². The van der Waals surface area contributed by atoms with E-state index < -0.39 is 0 Å². The Labute approximate surface area is 131 Å². The van der Waals surface area contributed by atoms with Crippen LogP contribution in [0.3, 0.4) is 0 Å². The highest BCUT2D eigenvalue weighted by Gasteiger charge is 2.54. The minimum atomic E-state index is -0.0698. The van der Waals surface area contributed by atoms with E-state index in [0.29, 0.717) is 29.3 Å². The van der Waals surface area contributed by atoms with E-state index in [-0.39, 0.29) is 11.2 Å². The SMILES string of the molecule is COc1c(O)ccc2c1CC[C@@H]1[C@@H]2CC[C@@]2(C)C(=O)CC[C@@H]12. The van der Waals surface area contributed by atoms with E-state index in [2.05, 4.69) is 13.0 Å². The standard InChI is InChI=1S/C19H24O3/c1-19-10-9-12-11-5-7-16(20)18(22-2)14(11)4-3-13(12)15(19)6-8-17(19)21/h5,7,12-13,15,20H,3-4,6,8-10H2,1-2H3/t12-,13-,15+,19-/m1/s1. The number of ether oxygens (including phenoxy) is 1. The molecule has 4 rings (SSSR count). The van der Waals surface area contributed by atoms with E-state index in [0.717, 1.165) is 38.5 Å². The Morgan fingerprint density at radius 1 is 1.23 bits per heavy atom. The van der Waals surface area contributed by atoms with E-state index >= 15 is 0 Å². The van der Waals surface area contributed by atoms with Gasteiger partial charge in [0.25, 0.3) is 0 Å². The summed E-state index contributed by atoms with van der Waals surface area (Å²) in [6, 6.07) is 3.86. The zero-order valence-corrected chi connectivity index (χ0v) is 13.4. The smallest absolute Gasteiger partial charge is 0.163 e. The fourth-order valence-electron chi connectivity index (χ4n) is 5.62. The average Bonchev–Trinajstić information content (AvgIpc) is 2.82. The van der Waals surface area contributed by atoms with Crippen LogP contribution in [0.1, 0.15) is 56.1 Å². The number of hydrogen-bond acceptors (Lipinski definition) is 3. The van der Waals surface area contributed by atoms with Crippen molar-refractivity contribution in [1.29, 1.82) is 0 Å². The third-order valence-corrected chi connectivity index (χ3v) is 6.75. The monoisotopic (exact) mass is 300 g/mol. The van der Waals surface area contributed by atoms with Crippen LogP contribution < -0.4 is 4.74 Å². The molecule has 0 heterocycles. The van der Waals surface area contributed by atoms with E-state index in [1.165, 1.54) is 11.1 Å². The van der Waals surface area contributed by atoms with Crippen LogP contribution in [0.25, 0.3) is 0 Å². The lowest BCUT2D eigenvalue weighted by molar-refractivity contribution is -0.129. The molecule has 0 spiro atoms. The predicted octanol–water partition coefficient (Wildman–Crippen LogP) is 3.83. The second-order valence-electron chi connectivity index (χ2n) is 7.52. The Balaban J connectivity index is 1.75. The molecule has 0 radical (unpaired) electrons. The molecule has 0 amide bonds. The third-order valence-electron chi connectivity index (χ3n) is 6.75. The lowest BCUT2D eigenvalue weighted by Gasteiger charge is -2.48. The number of aromatic hydroxyl groups is 1. The highest BCUT2D eigenvalue weighted by molar-refractivity contribution is 5.87. The third kappa shape index (κ3) is 1.71. The molecular weight excluding hydrogens is 276 g/mol. The quantitative estimate of drug-likeness (QED) is 0.857. The van der Waals surface area contributed by atoms with Crippen LogP contribution in [0, 0.1) is 17.3 Å². The van der Waals surface area contributed by atoms with E-state index in [1.54, 1.807) is 13.2 Å². The average molecular weight is 300 g/mol. The molecule has 3 aliphatic carbocycles. The summed E-state index contributed by atoms with van der Waals surface area (Å²) in [5, 5.41) is 10.0. The molecule has 0 unspecified atom stereocenters. The Morgan fingerprint density at radius 2 is 2.05 bits per heavy atom. The molecular formula is C19H24O3. The number of hydrogen-bond donors (Lipinski definition) is 1. The van der Waals surface area contributed by atoms with Crippen LogP contribution in [0.4, 0.5) is 0 Å². The molecule has 3 nitrogen and oxygen atoms in total. The summed E-state index contributed by atoms with van der Waals surface area (Å²) in [5.41, 5.74) is 2.48. The summed E-state index contributed by atoms with van der Waals surface area (Å²) in [4.78, 5) is 12.3. The Morgan fingerprint density at radius 3 is 2.82 bits per heavy atom. The van der Waals surface area contributed by atoms with Crippen LogP contribution in [0.5, 0.6) is 11.5 Å². The number of carbonyl (C=O) groups excluding carboxylic acids is 1. The highest BCUT2D eigenvalue weighted by Crippen LogP contribution is 2.60. The van der Waals surface area contributed by atoms with Crippen LogP contribution in [0.15, 0.2) is 12.1 Å². The number of Topliss-reactive ketones (excluding diaryl/α,β-unsaturated/α-hetero) is 1. The van der Waals surface area contributed by atoms with Crippen molar-refractivity contribution in [1.82, 2.24) is 0 Å². The van der Waals surface area contributed by atoms with E-state index in [1.807, 2.05) is 0 Å². The molecule has 22 heavy (non-hydrogen) atoms. The van der Waals surface area contributed by atoms with Gasteiger partial charge in [-0.1, -0.05) is 13.0 Å². The molecule has 2 saturated carbocycles. The minimum Gasteiger partial charge on any atom is -0.504 e. The molecule has 1 N–H and O–H groups in total. The maximum absolute atomic E-state index is 12.3. The maximum atomic E-state index is 12.3. The van der Waals surface area contributed by atoms with Crippen molar-refractivity contribution in [3.63, 3.8) is 0 Å². The molecule has 0 aliphatic heterocycles. The van der Waals surface area contributed by atoms with Crippen molar-refractivity contribution >= 4 is 5.78 Å². The van der Waals surface area contributed by atoms with Crippen molar-refractivity contribution < 1.29 is 14.6 Å². The topological polar surface area (TPSA) is 46.5 Å². The molecule has 3 aliphatic rings. The summed E-state index contributed by atoms with van der Waals surface area (Å²) < 4.78 is 5.44. The molecule has 1 aromatic carbocycles. The van der Waals surface area contributed by atoms with Crippen molar-refractivity contribution in [2.45, 2.75) is 51.4 Å². The minimum absolute atomic E-state index is 0.0698. The van der Waals surface area contributed by atoms with Gasteiger partial charge in [0.2, 0.25) is 0 Å². The van der Waals surface area contributed by atoms with E-state index in [4.69, 9.17) is 4.74 Å². The molecule has 1 aromatic rings. The molecule has 4 atom stereocenters. The van der Waals surface area contributed by atoms with Crippen LogP contribution >= 0.6 is 0 Å². The van der Waals surface area contributed by atoms with Crippen molar-refractivity contribution in [2.24, 2.45) is 17.3 Å². The highest BCUT2D eigenvalue weighted by atomic mass is 16.5. The number of ketones is 1. The molecule has 0 aromatic heterocycles. The summed E-state index contributed by atoms with van der Waals surface area (Å²) in [5.74, 6) is 3.09. The van der Waals surface area contributed by atoms with Gasteiger partial charge < -0.3 is 9.84 Å². The van der Waals surface area contributed by atoms with Gasteiger partial charge >= 0.3 is 0 Å².